The molecule has 0 radical (unpaired) electrons. The van der Waals surface area contributed by atoms with E-state index in [9.17, 15) is 0 Å². The van der Waals surface area contributed by atoms with Crippen LogP contribution >= 0.6 is 0 Å². The molecule has 0 aliphatic rings. The number of aromatic nitrogens is 1. The second-order valence-electron chi connectivity index (χ2n) is 3.85. The highest BCUT2D eigenvalue weighted by atomic mass is 15.1. The van der Waals surface area contributed by atoms with Gasteiger partial charge in [-0.25, -0.2) is 9.98 Å². The molecule has 1 rings (SSSR count). The summed E-state index contributed by atoms with van der Waals surface area (Å²) in [7, 11) is 4.16. The number of rotatable bonds is 6. The van der Waals surface area contributed by atoms with Crippen molar-refractivity contribution in [1.29, 1.82) is 0 Å². The minimum Gasteiger partial charge on any atom is -0.382 e. The van der Waals surface area contributed by atoms with E-state index in [-0.39, 0.29) is 7.43 Å². The molecule has 0 fully saturated rings. The zero-order valence-electron chi connectivity index (χ0n) is 10.3. The summed E-state index contributed by atoms with van der Waals surface area (Å²) in [6.45, 7) is 3.92. The molecule has 4 heteroatoms. The van der Waals surface area contributed by atoms with Gasteiger partial charge in [0.2, 0.25) is 0 Å². The van der Waals surface area contributed by atoms with Gasteiger partial charge in [-0.05, 0) is 46.1 Å². The van der Waals surface area contributed by atoms with Gasteiger partial charge in [-0.2, -0.15) is 0 Å². The second-order valence-corrected chi connectivity index (χ2v) is 3.85. The van der Waals surface area contributed by atoms with Crippen LogP contribution < -0.4 is 5.32 Å². The molecule has 0 atom stereocenters. The molecular formula is C13H24N4. The van der Waals surface area contributed by atoms with Crippen molar-refractivity contribution >= 4 is 17.7 Å². The number of hydrogen-bond acceptors (Lipinski definition) is 4. The van der Waals surface area contributed by atoms with E-state index in [1.165, 1.54) is 0 Å². The molecule has 0 bridgehead atoms. The maximum Gasteiger partial charge on any atom is 0.175 e. The Kier molecular flexibility index (Phi) is 7.97. The minimum atomic E-state index is 0. The number of anilines is 1. The van der Waals surface area contributed by atoms with E-state index in [0.717, 1.165) is 31.0 Å². The van der Waals surface area contributed by atoms with Crippen LogP contribution in [0, 0.1) is 0 Å². The second kappa shape index (κ2) is 8.70. The lowest BCUT2D eigenvalue weighted by Gasteiger charge is -2.11. The third-order valence-corrected chi connectivity index (χ3v) is 2.14. The minimum absolute atomic E-state index is 0. The predicted octanol–water partition coefficient (Wildman–Crippen LogP) is 2.80. The maximum absolute atomic E-state index is 4.21. The first-order valence-electron chi connectivity index (χ1n) is 5.56. The first-order chi connectivity index (χ1) is 7.74. The van der Waals surface area contributed by atoms with Crippen molar-refractivity contribution in [2.24, 2.45) is 4.99 Å². The van der Waals surface area contributed by atoms with Gasteiger partial charge in [0.05, 0.1) is 5.69 Å². The Morgan fingerprint density at radius 1 is 1.47 bits per heavy atom. The van der Waals surface area contributed by atoms with Crippen molar-refractivity contribution in [2.75, 3.05) is 32.5 Å². The van der Waals surface area contributed by atoms with Gasteiger partial charge in [0.15, 0.2) is 5.82 Å². The Labute approximate surface area is 105 Å². The monoisotopic (exact) mass is 236 g/mol. The molecule has 0 saturated carbocycles. The lowest BCUT2D eigenvalue weighted by atomic mass is 10.3. The largest absolute Gasteiger partial charge is 0.382 e. The van der Waals surface area contributed by atoms with Gasteiger partial charge in [-0.15, -0.1) is 0 Å². The Hall–Kier alpha value is -1.42. The van der Waals surface area contributed by atoms with Crippen molar-refractivity contribution in [3.05, 3.63) is 18.3 Å². The highest BCUT2D eigenvalue weighted by molar-refractivity contribution is 5.67. The van der Waals surface area contributed by atoms with E-state index in [1.807, 2.05) is 19.1 Å². The first kappa shape index (κ1) is 15.6. The molecule has 1 N–H and O–H groups in total. The fourth-order valence-electron chi connectivity index (χ4n) is 1.38. The molecule has 0 unspecified atom stereocenters. The van der Waals surface area contributed by atoms with Gasteiger partial charge in [-0.3, -0.25) is 0 Å². The Morgan fingerprint density at radius 2 is 2.24 bits per heavy atom. The zero-order valence-corrected chi connectivity index (χ0v) is 10.3. The predicted molar refractivity (Wildman–Crippen MR) is 76.5 cm³/mol. The lowest BCUT2D eigenvalue weighted by Crippen LogP contribution is -2.16. The summed E-state index contributed by atoms with van der Waals surface area (Å²) >= 11 is 0. The van der Waals surface area contributed by atoms with Gasteiger partial charge < -0.3 is 10.2 Å². The SMILES string of the molecule is C.CC=Nc1ncccc1NCCCN(C)C. The van der Waals surface area contributed by atoms with Crippen LogP contribution in [0.1, 0.15) is 20.8 Å². The van der Waals surface area contributed by atoms with Gasteiger partial charge in [0, 0.05) is 19.0 Å². The topological polar surface area (TPSA) is 40.5 Å². The summed E-state index contributed by atoms with van der Waals surface area (Å²) in [5.41, 5.74) is 0.999. The smallest absolute Gasteiger partial charge is 0.175 e. The van der Waals surface area contributed by atoms with Crippen LogP contribution in [0.25, 0.3) is 0 Å². The third-order valence-electron chi connectivity index (χ3n) is 2.14. The van der Waals surface area contributed by atoms with Crippen LogP contribution in [-0.2, 0) is 0 Å². The molecule has 0 aliphatic carbocycles. The molecular weight excluding hydrogens is 212 g/mol. The van der Waals surface area contributed by atoms with Crippen molar-refractivity contribution in [2.45, 2.75) is 20.8 Å². The summed E-state index contributed by atoms with van der Waals surface area (Å²) in [5, 5.41) is 3.35. The normalized spacial score (nSPS) is 10.6. The Morgan fingerprint density at radius 3 is 2.88 bits per heavy atom. The fraction of sp³-hybridized carbons (Fsp3) is 0.538. The standard InChI is InChI=1S/C12H20N4.CH4/c1-4-13-12-11(7-5-8-15-12)14-9-6-10-16(2)3;/h4-5,7-8,14H,6,9-10H2,1-3H3;1H4. The van der Waals surface area contributed by atoms with E-state index >= 15 is 0 Å². The summed E-state index contributed by atoms with van der Waals surface area (Å²) in [4.78, 5) is 10.6. The van der Waals surface area contributed by atoms with E-state index in [1.54, 1.807) is 12.4 Å². The van der Waals surface area contributed by atoms with Crippen molar-refractivity contribution < 1.29 is 0 Å². The van der Waals surface area contributed by atoms with E-state index in [4.69, 9.17) is 0 Å². The molecule has 0 aromatic carbocycles. The summed E-state index contributed by atoms with van der Waals surface area (Å²) in [6, 6.07) is 3.92. The van der Waals surface area contributed by atoms with Crippen LogP contribution in [0.15, 0.2) is 23.3 Å². The number of aliphatic imine (C=N–C) groups is 1. The van der Waals surface area contributed by atoms with Crippen LogP contribution in [0.3, 0.4) is 0 Å². The Bertz CT molecular complexity index is 334. The van der Waals surface area contributed by atoms with Crippen LogP contribution in [-0.4, -0.2) is 43.3 Å². The van der Waals surface area contributed by atoms with Crippen molar-refractivity contribution in [3.63, 3.8) is 0 Å². The highest BCUT2D eigenvalue weighted by Gasteiger charge is 1.99. The molecule has 1 heterocycles. The molecule has 4 nitrogen and oxygen atoms in total. The summed E-state index contributed by atoms with van der Waals surface area (Å²) in [6.07, 6.45) is 4.62. The summed E-state index contributed by atoms with van der Waals surface area (Å²) < 4.78 is 0. The number of nitrogens with one attached hydrogen (secondary N) is 1. The number of hydrogen-bond donors (Lipinski definition) is 1. The van der Waals surface area contributed by atoms with Crippen molar-refractivity contribution in [3.8, 4) is 0 Å². The number of nitrogens with zero attached hydrogens (tertiary/aromatic N) is 3. The van der Waals surface area contributed by atoms with Gasteiger partial charge in [0.1, 0.15) is 0 Å². The average molecular weight is 236 g/mol. The quantitative estimate of drug-likeness (QED) is 0.610. The average Bonchev–Trinajstić information content (AvgIpc) is 2.26. The van der Waals surface area contributed by atoms with Crippen molar-refractivity contribution in [1.82, 2.24) is 9.88 Å². The molecule has 17 heavy (non-hydrogen) atoms. The van der Waals surface area contributed by atoms with E-state index < -0.39 is 0 Å². The molecule has 0 aliphatic heterocycles. The van der Waals surface area contributed by atoms with E-state index in [2.05, 4.69) is 34.3 Å². The van der Waals surface area contributed by atoms with Crippen LogP contribution in [0.2, 0.25) is 0 Å². The zero-order chi connectivity index (χ0) is 11.8. The summed E-state index contributed by atoms with van der Waals surface area (Å²) in [5.74, 6) is 0.759. The van der Waals surface area contributed by atoms with Gasteiger partial charge >= 0.3 is 0 Å². The Balaban J connectivity index is 0.00000256. The molecule has 0 spiro atoms. The molecule has 1 aromatic heterocycles. The van der Waals surface area contributed by atoms with Crippen LogP contribution in [0.5, 0.6) is 0 Å². The first-order valence-corrected chi connectivity index (χ1v) is 5.56. The lowest BCUT2D eigenvalue weighted by molar-refractivity contribution is 0.405. The number of pyridine rings is 1. The molecule has 0 saturated heterocycles. The third kappa shape index (κ3) is 6.02. The fourth-order valence-corrected chi connectivity index (χ4v) is 1.38. The molecule has 1 aromatic rings. The van der Waals surface area contributed by atoms with Crippen LogP contribution in [0.4, 0.5) is 11.5 Å². The maximum atomic E-state index is 4.21. The molecule has 96 valence electrons. The van der Waals surface area contributed by atoms with E-state index in [0.29, 0.717) is 0 Å². The highest BCUT2D eigenvalue weighted by Crippen LogP contribution is 2.20. The van der Waals surface area contributed by atoms with Gasteiger partial charge in [0.25, 0.3) is 0 Å². The molecule has 0 amide bonds. The van der Waals surface area contributed by atoms with Gasteiger partial charge in [-0.1, -0.05) is 7.43 Å².